The van der Waals surface area contributed by atoms with Crippen molar-refractivity contribution in [3.05, 3.63) is 30.1 Å². The second-order valence-electron chi connectivity index (χ2n) is 4.06. The molecule has 3 N–H and O–H groups in total. The minimum absolute atomic E-state index is 0.121. The third kappa shape index (κ3) is 3.61. The van der Waals surface area contributed by atoms with E-state index in [2.05, 4.69) is 11.9 Å². The lowest BCUT2D eigenvalue weighted by atomic mass is 9.93. The molecule has 0 saturated heterocycles. The van der Waals surface area contributed by atoms with Gasteiger partial charge in [-0.2, -0.15) is 0 Å². The van der Waals surface area contributed by atoms with Gasteiger partial charge >= 0.3 is 0 Å². The molecule has 0 aliphatic rings. The molecule has 0 spiro atoms. The van der Waals surface area contributed by atoms with E-state index in [0.717, 1.165) is 12.0 Å². The van der Waals surface area contributed by atoms with Crippen LogP contribution in [0, 0.1) is 0 Å². The molecule has 3 atom stereocenters. The van der Waals surface area contributed by atoms with Crippen molar-refractivity contribution < 1.29 is 5.11 Å². The molecular weight excluding hydrogens is 188 g/mol. The Morgan fingerprint density at radius 1 is 1.53 bits per heavy atom. The quantitative estimate of drug-likeness (QED) is 0.774. The summed E-state index contributed by atoms with van der Waals surface area (Å²) in [6.07, 6.45) is 4.67. The van der Waals surface area contributed by atoms with Gasteiger partial charge in [-0.3, -0.25) is 4.98 Å². The van der Waals surface area contributed by atoms with Crippen molar-refractivity contribution in [3.8, 4) is 0 Å². The summed E-state index contributed by atoms with van der Waals surface area (Å²) in [4.78, 5) is 4.07. The number of rotatable bonds is 5. The maximum Gasteiger partial charge on any atom is 0.0696 e. The summed E-state index contributed by atoms with van der Waals surface area (Å²) in [5.41, 5.74) is 6.93. The van der Waals surface area contributed by atoms with Crippen LogP contribution >= 0.6 is 0 Å². The van der Waals surface area contributed by atoms with Crippen LogP contribution in [0.25, 0.3) is 0 Å². The SMILES string of the molecule is CCC(N)C(O)CC(C)c1cccnc1. The van der Waals surface area contributed by atoms with Crippen LogP contribution in [0.3, 0.4) is 0 Å². The van der Waals surface area contributed by atoms with Crippen molar-refractivity contribution in [2.24, 2.45) is 5.73 Å². The standard InChI is InChI=1S/C12H20N2O/c1-3-11(13)12(15)7-9(2)10-5-4-6-14-8-10/h4-6,8-9,11-12,15H,3,7,13H2,1-2H3. The van der Waals surface area contributed by atoms with Gasteiger partial charge in [0.05, 0.1) is 6.10 Å². The molecule has 1 rings (SSSR count). The van der Waals surface area contributed by atoms with Crippen LogP contribution in [0.15, 0.2) is 24.5 Å². The van der Waals surface area contributed by atoms with Gasteiger partial charge in [0.15, 0.2) is 0 Å². The third-order valence-electron chi connectivity index (χ3n) is 2.81. The first-order valence-corrected chi connectivity index (χ1v) is 5.48. The van der Waals surface area contributed by atoms with Gasteiger partial charge < -0.3 is 10.8 Å². The number of aliphatic hydroxyl groups excluding tert-OH is 1. The summed E-state index contributed by atoms with van der Waals surface area (Å²) in [5, 5.41) is 9.80. The van der Waals surface area contributed by atoms with E-state index in [1.54, 1.807) is 6.20 Å². The Bertz CT molecular complexity index is 276. The largest absolute Gasteiger partial charge is 0.391 e. The Kier molecular flexibility index (Phi) is 4.72. The number of hydrogen-bond acceptors (Lipinski definition) is 3. The number of nitrogens with two attached hydrogens (primary N) is 1. The molecular formula is C12H20N2O. The van der Waals surface area contributed by atoms with Gasteiger partial charge in [-0.15, -0.1) is 0 Å². The Balaban J connectivity index is 2.52. The second-order valence-corrected chi connectivity index (χ2v) is 4.06. The van der Waals surface area contributed by atoms with Crippen LogP contribution in [-0.4, -0.2) is 22.2 Å². The summed E-state index contributed by atoms with van der Waals surface area (Å²) in [6.45, 7) is 4.07. The van der Waals surface area contributed by atoms with Crippen molar-refractivity contribution in [2.45, 2.75) is 44.8 Å². The van der Waals surface area contributed by atoms with Crippen LogP contribution in [0.5, 0.6) is 0 Å². The lowest BCUT2D eigenvalue weighted by Gasteiger charge is -2.21. The first-order valence-electron chi connectivity index (χ1n) is 5.48. The van der Waals surface area contributed by atoms with Crippen LogP contribution in [0.1, 0.15) is 38.2 Å². The highest BCUT2D eigenvalue weighted by molar-refractivity contribution is 5.13. The molecule has 3 unspecified atom stereocenters. The molecule has 0 aliphatic heterocycles. The molecule has 84 valence electrons. The van der Waals surface area contributed by atoms with Crippen LogP contribution in [0.4, 0.5) is 0 Å². The highest BCUT2D eigenvalue weighted by Crippen LogP contribution is 2.20. The maximum absolute atomic E-state index is 9.80. The average molecular weight is 208 g/mol. The normalized spacial score (nSPS) is 17.1. The smallest absolute Gasteiger partial charge is 0.0696 e. The van der Waals surface area contributed by atoms with Crippen LogP contribution < -0.4 is 5.73 Å². The molecule has 1 aromatic rings. The fourth-order valence-electron chi connectivity index (χ4n) is 1.61. The lowest BCUT2D eigenvalue weighted by molar-refractivity contribution is 0.126. The fraction of sp³-hybridized carbons (Fsp3) is 0.583. The molecule has 0 aromatic carbocycles. The highest BCUT2D eigenvalue weighted by atomic mass is 16.3. The molecule has 0 bridgehead atoms. The minimum atomic E-state index is -0.426. The molecule has 1 aromatic heterocycles. The predicted molar refractivity (Wildman–Crippen MR) is 61.5 cm³/mol. The molecule has 0 amide bonds. The van der Waals surface area contributed by atoms with E-state index < -0.39 is 6.10 Å². The number of nitrogens with zero attached hydrogens (tertiary/aromatic N) is 1. The minimum Gasteiger partial charge on any atom is -0.391 e. The van der Waals surface area contributed by atoms with Gasteiger partial charge in [0.25, 0.3) is 0 Å². The van der Waals surface area contributed by atoms with Gasteiger partial charge in [0.1, 0.15) is 0 Å². The van der Waals surface area contributed by atoms with Crippen molar-refractivity contribution in [1.82, 2.24) is 4.98 Å². The zero-order chi connectivity index (χ0) is 11.3. The summed E-state index contributed by atoms with van der Waals surface area (Å²) >= 11 is 0. The number of aromatic nitrogens is 1. The molecule has 1 heterocycles. The van der Waals surface area contributed by atoms with E-state index >= 15 is 0 Å². The van der Waals surface area contributed by atoms with E-state index in [4.69, 9.17) is 5.73 Å². The zero-order valence-corrected chi connectivity index (χ0v) is 9.43. The first-order chi connectivity index (χ1) is 7.15. The van der Waals surface area contributed by atoms with Crippen molar-refractivity contribution in [2.75, 3.05) is 0 Å². The molecule has 0 aliphatic carbocycles. The summed E-state index contributed by atoms with van der Waals surface area (Å²) in [6, 6.07) is 3.82. The van der Waals surface area contributed by atoms with E-state index in [1.165, 1.54) is 0 Å². The highest BCUT2D eigenvalue weighted by Gasteiger charge is 2.17. The monoisotopic (exact) mass is 208 g/mol. The van der Waals surface area contributed by atoms with E-state index in [0.29, 0.717) is 12.3 Å². The Morgan fingerprint density at radius 2 is 2.27 bits per heavy atom. The topological polar surface area (TPSA) is 59.1 Å². The van der Waals surface area contributed by atoms with Gasteiger partial charge in [-0.05, 0) is 30.4 Å². The second kappa shape index (κ2) is 5.83. The van der Waals surface area contributed by atoms with Crippen molar-refractivity contribution in [3.63, 3.8) is 0 Å². The Hall–Kier alpha value is -0.930. The van der Waals surface area contributed by atoms with Crippen LogP contribution in [-0.2, 0) is 0 Å². The molecule has 0 saturated carbocycles. The van der Waals surface area contributed by atoms with Crippen molar-refractivity contribution in [1.29, 1.82) is 0 Å². The van der Waals surface area contributed by atoms with E-state index in [1.807, 2.05) is 25.3 Å². The van der Waals surface area contributed by atoms with Gasteiger partial charge in [0.2, 0.25) is 0 Å². The van der Waals surface area contributed by atoms with Gasteiger partial charge in [-0.1, -0.05) is 19.9 Å². The summed E-state index contributed by atoms with van der Waals surface area (Å²) in [5.74, 6) is 0.297. The van der Waals surface area contributed by atoms with E-state index in [-0.39, 0.29) is 6.04 Å². The molecule has 15 heavy (non-hydrogen) atoms. The van der Waals surface area contributed by atoms with Crippen LogP contribution in [0.2, 0.25) is 0 Å². The van der Waals surface area contributed by atoms with Gasteiger partial charge in [-0.25, -0.2) is 0 Å². The fourth-order valence-corrected chi connectivity index (χ4v) is 1.61. The Morgan fingerprint density at radius 3 is 2.80 bits per heavy atom. The molecule has 3 heteroatoms. The predicted octanol–water partition coefficient (Wildman–Crippen LogP) is 1.67. The zero-order valence-electron chi connectivity index (χ0n) is 9.43. The van der Waals surface area contributed by atoms with Crippen molar-refractivity contribution >= 4 is 0 Å². The average Bonchev–Trinajstić information content (AvgIpc) is 2.29. The molecule has 0 radical (unpaired) electrons. The third-order valence-corrected chi connectivity index (χ3v) is 2.81. The summed E-state index contributed by atoms with van der Waals surface area (Å²) in [7, 11) is 0. The lowest BCUT2D eigenvalue weighted by Crippen LogP contribution is -2.34. The van der Waals surface area contributed by atoms with Gasteiger partial charge in [0, 0.05) is 18.4 Å². The molecule has 3 nitrogen and oxygen atoms in total. The molecule has 0 fully saturated rings. The first kappa shape index (κ1) is 12.1. The number of aliphatic hydroxyl groups is 1. The number of pyridine rings is 1. The number of hydrogen-bond donors (Lipinski definition) is 2. The van der Waals surface area contributed by atoms with E-state index in [9.17, 15) is 5.11 Å². The summed E-state index contributed by atoms with van der Waals surface area (Å²) < 4.78 is 0. The maximum atomic E-state index is 9.80. The Labute approximate surface area is 91.3 Å².